The molecule has 2 atom stereocenters. The number of hydrogen-bond acceptors (Lipinski definition) is 5. The first kappa shape index (κ1) is 17.6. The molecule has 1 heterocycles. The van der Waals surface area contributed by atoms with Crippen LogP contribution >= 0.6 is 15.9 Å². The zero-order valence-electron chi connectivity index (χ0n) is 12.4. The van der Waals surface area contributed by atoms with Gasteiger partial charge in [0, 0.05) is 10.7 Å². The molecule has 1 rings (SSSR count). The van der Waals surface area contributed by atoms with Gasteiger partial charge in [0.25, 0.3) is 0 Å². The molecule has 6 nitrogen and oxygen atoms in total. The van der Waals surface area contributed by atoms with Crippen molar-refractivity contribution >= 4 is 27.8 Å². The Morgan fingerprint density at radius 1 is 1.38 bits per heavy atom. The lowest BCUT2D eigenvalue weighted by molar-refractivity contribution is 0.0423. The predicted octanol–water partition coefficient (Wildman–Crippen LogP) is 2.30. The fraction of sp³-hybridized carbons (Fsp3) is 0.500. The fourth-order valence-corrected chi connectivity index (χ4v) is 1.71. The smallest absolute Gasteiger partial charge is 0.407 e. The highest BCUT2D eigenvalue weighted by atomic mass is 79.9. The summed E-state index contributed by atoms with van der Waals surface area (Å²) in [6, 6.07) is 2.35. The van der Waals surface area contributed by atoms with Crippen molar-refractivity contribution in [3.8, 4) is 0 Å². The zero-order valence-corrected chi connectivity index (χ0v) is 14.0. The summed E-state index contributed by atoms with van der Waals surface area (Å²) in [6.45, 7) is 6.70. The summed E-state index contributed by atoms with van der Waals surface area (Å²) in [4.78, 5) is 27.6. The summed E-state index contributed by atoms with van der Waals surface area (Å²) in [5, 5.41) is 12.4. The van der Waals surface area contributed by atoms with E-state index in [4.69, 9.17) is 4.74 Å². The number of aliphatic hydroxyl groups excluding tert-OH is 1. The number of aliphatic hydroxyl groups is 1. The van der Waals surface area contributed by atoms with Gasteiger partial charge < -0.3 is 15.2 Å². The van der Waals surface area contributed by atoms with Gasteiger partial charge in [-0.15, -0.1) is 0 Å². The molecule has 0 aliphatic carbocycles. The first-order valence-electron chi connectivity index (χ1n) is 6.43. The highest BCUT2D eigenvalue weighted by molar-refractivity contribution is 9.10. The standard InChI is InChI=1S/C14H19BrN2O4/c1-8(17-13(20)21-14(2,3)4)11(18)12(19)10-6-5-9(15)7-16-10/h5-8,11,18H,1-4H3,(H,17,20). The topological polar surface area (TPSA) is 88.5 Å². The molecule has 2 unspecified atom stereocenters. The van der Waals surface area contributed by atoms with E-state index < -0.39 is 29.6 Å². The van der Waals surface area contributed by atoms with Crippen LogP contribution in [0.5, 0.6) is 0 Å². The molecular weight excluding hydrogens is 340 g/mol. The number of Topliss-reactive ketones (excluding diaryl/α,β-unsaturated/α-hetero) is 1. The van der Waals surface area contributed by atoms with Gasteiger partial charge in [0.15, 0.2) is 0 Å². The van der Waals surface area contributed by atoms with Crippen LogP contribution in [0.4, 0.5) is 4.79 Å². The van der Waals surface area contributed by atoms with Crippen LogP contribution in [-0.4, -0.2) is 39.7 Å². The maximum atomic E-state index is 12.0. The minimum absolute atomic E-state index is 0.128. The summed E-state index contributed by atoms with van der Waals surface area (Å²) in [5.41, 5.74) is -0.519. The predicted molar refractivity (Wildman–Crippen MR) is 81.1 cm³/mol. The lowest BCUT2D eigenvalue weighted by atomic mass is 10.1. The molecule has 0 radical (unpaired) electrons. The van der Waals surface area contributed by atoms with Crippen molar-refractivity contribution in [2.45, 2.75) is 45.4 Å². The van der Waals surface area contributed by atoms with Crippen LogP contribution in [0.3, 0.4) is 0 Å². The Morgan fingerprint density at radius 2 is 2.00 bits per heavy atom. The van der Waals surface area contributed by atoms with E-state index in [2.05, 4.69) is 26.2 Å². The molecule has 2 N–H and O–H groups in total. The van der Waals surface area contributed by atoms with Gasteiger partial charge in [0.1, 0.15) is 17.4 Å². The van der Waals surface area contributed by atoms with Crippen molar-refractivity contribution in [1.82, 2.24) is 10.3 Å². The highest BCUT2D eigenvalue weighted by Gasteiger charge is 2.27. The second-order valence-electron chi connectivity index (χ2n) is 5.61. The summed E-state index contributed by atoms with van der Waals surface area (Å²) in [7, 11) is 0. The molecule has 1 aromatic rings. The average molecular weight is 359 g/mol. The van der Waals surface area contributed by atoms with E-state index in [1.165, 1.54) is 19.2 Å². The van der Waals surface area contributed by atoms with Crippen LogP contribution in [0.15, 0.2) is 22.8 Å². The Hall–Kier alpha value is -1.47. The van der Waals surface area contributed by atoms with Crippen molar-refractivity contribution < 1.29 is 19.4 Å². The van der Waals surface area contributed by atoms with Crippen LogP contribution < -0.4 is 5.32 Å². The van der Waals surface area contributed by atoms with Crippen molar-refractivity contribution in [2.75, 3.05) is 0 Å². The number of halogens is 1. The third-order valence-corrected chi connectivity index (χ3v) is 2.94. The fourth-order valence-electron chi connectivity index (χ4n) is 1.47. The number of aromatic nitrogens is 1. The number of amides is 1. The van der Waals surface area contributed by atoms with Crippen LogP contribution in [0.2, 0.25) is 0 Å². The van der Waals surface area contributed by atoms with Gasteiger partial charge >= 0.3 is 6.09 Å². The maximum absolute atomic E-state index is 12.0. The SMILES string of the molecule is CC(NC(=O)OC(C)(C)C)C(O)C(=O)c1ccc(Br)cn1. The minimum atomic E-state index is -1.40. The number of hydrogen-bond donors (Lipinski definition) is 2. The third-order valence-electron chi connectivity index (χ3n) is 2.47. The van der Waals surface area contributed by atoms with Crippen LogP contribution in [0, 0.1) is 0 Å². The number of nitrogens with zero attached hydrogens (tertiary/aromatic N) is 1. The summed E-state index contributed by atoms with van der Waals surface area (Å²) >= 11 is 3.21. The number of carbonyl (C=O) groups is 2. The van der Waals surface area contributed by atoms with E-state index >= 15 is 0 Å². The molecule has 0 spiro atoms. The molecule has 1 aromatic heterocycles. The third kappa shape index (κ3) is 5.81. The molecule has 0 bridgehead atoms. The molecule has 7 heteroatoms. The molecule has 116 valence electrons. The average Bonchev–Trinajstić information content (AvgIpc) is 2.35. The largest absolute Gasteiger partial charge is 0.444 e. The summed E-state index contributed by atoms with van der Waals surface area (Å²) in [5.74, 6) is -0.564. The van der Waals surface area contributed by atoms with Gasteiger partial charge in [0.05, 0.1) is 6.04 Å². The van der Waals surface area contributed by atoms with E-state index in [9.17, 15) is 14.7 Å². The van der Waals surface area contributed by atoms with Crippen molar-refractivity contribution in [1.29, 1.82) is 0 Å². The number of alkyl carbamates (subject to hydrolysis) is 1. The molecule has 0 aliphatic heterocycles. The number of ketones is 1. The van der Waals surface area contributed by atoms with Gasteiger partial charge in [-0.05, 0) is 55.8 Å². The Labute approximate surface area is 132 Å². The van der Waals surface area contributed by atoms with Crippen LogP contribution in [0.1, 0.15) is 38.2 Å². The van der Waals surface area contributed by atoms with Gasteiger partial charge in [0.2, 0.25) is 5.78 Å². The lowest BCUT2D eigenvalue weighted by Gasteiger charge is -2.23. The molecule has 1 amide bonds. The van der Waals surface area contributed by atoms with Crippen molar-refractivity contribution in [3.05, 3.63) is 28.5 Å². The zero-order chi connectivity index (χ0) is 16.2. The minimum Gasteiger partial charge on any atom is -0.444 e. The molecule has 21 heavy (non-hydrogen) atoms. The first-order valence-corrected chi connectivity index (χ1v) is 7.23. The Morgan fingerprint density at radius 3 is 2.48 bits per heavy atom. The van der Waals surface area contributed by atoms with E-state index in [0.29, 0.717) is 0 Å². The van der Waals surface area contributed by atoms with E-state index in [-0.39, 0.29) is 5.69 Å². The number of ether oxygens (including phenoxy) is 1. The van der Waals surface area contributed by atoms with Crippen molar-refractivity contribution in [3.63, 3.8) is 0 Å². The maximum Gasteiger partial charge on any atom is 0.407 e. The van der Waals surface area contributed by atoms with Gasteiger partial charge in [-0.1, -0.05) is 0 Å². The summed E-state index contributed by atoms with van der Waals surface area (Å²) in [6.07, 6.45) is -0.622. The van der Waals surface area contributed by atoms with E-state index in [1.807, 2.05) is 0 Å². The number of rotatable bonds is 4. The molecule has 0 aromatic carbocycles. The molecule has 0 fully saturated rings. The highest BCUT2D eigenvalue weighted by Crippen LogP contribution is 2.11. The molecule has 0 aliphatic rings. The number of pyridine rings is 1. The Kier molecular flexibility index (Phi) is 5.86. The monoisotopic (exact) mass is 358 g/mol. The summed E-state index contributed by atoms with van der Waals surface area (Å²) < 4.78 is 5.80. The van der Waals surface area contributed by atoms with E-state index in [1.54, 1.807) is 26.8 Å². The molecular formula is C14H19BrN2O4. The second kappa shape index (κ2) is 7.00. The normalized spacial score (nSPS) is 14.2. The molecule has 0 saturated heterocycles. The van der Waals surface area contributed by atoms with Crippen molar-refractivity contribution in [2.24, 2.45) is 0 Å². The second-order valence-corrected chi connectivity index (χ2v) is 6.52. The van der Waals surface area contributed by atoms with Crippen LogP contribution in [0.25, 0.3) is 0 Å². The number of carbonyl (C=O) groups excluding carboxylic acids is 2. The Bertz CT molecular complexity index is 511. The van der Waals surface area contributed by atoms with Gasteiger partial charge in [-0.2, -0.15) is 0 Å². The Balaban J connectivity index is 2.65. The first-order chi connectivity index (χ1) is 9.60. The van der Waals surface area contributed by atoms with Gasteiger partial charge in [-0.3, -0.25) is 9.78 Å². The number of nitrogens with one attached hydrogen (secondary N) is 1. The quantitative estimate of drug-likeness (QED) is 0.806. The van der Waals surface area contributed by atoms with Crippen LogP contribution in [-0.2, 0) is 4.74 Å². The van der Waals surface area contributed by atoms with E-state index in [0.717, 1.165) is 4.47 Å². The molecule has 0 saturated carbocycles. The van der Waals surface area contributed by atoms with Gasteiger partial charge in [-0.25, -0.2) is 4.79 Å². The lowest BCUT2D eigenvalue weighted by Crippen LogP contribution is -2.46.